The molecule has 2 rings (SSSR count). The largest absolute Gasteiger partial charge is 0.465 e. The van der Waals surface area contributed by atoms with E-state index in [-0.39, 0.29) is 5.97 Å². The molecule has 0 aliphatic rings. The number of methoxy groups -OCH3 is 1. The lowest BCUT2D eigenvalue weighted by Gasteiger charge is -2.00. The zero-order valence-corrected chi connectivity index (χ0v) is 12.1. The number of carbonyl (C=O) groups excluding carboxylic acids is 1. The fourth-order valence-corrected chi connectivity index (χ4v) is 3.22. The van der Waals surface area contributed by atoms with E-state index in [1.54, 1.807) is 11.3 Å². The number of ether oxygens (including phenoxy) is 1. The standard InChI is InChI=1S/C12H14N2O2S2/c1-7-4-5-17-9(7)6-13-12-14-8(2)10(18-12)11(15)16-3/h4-5H,6H2,1-3H3,(H,13,14). The Kier molecular flexibility index (Phi) is 3.98. The Morgan fingerprint density at radius 2 is 2.28 bits per heavy atom. The van der Waals surface area contributed by atoms with Gasteiger partial charge in [0.2, 0.25) is 0 Å². The number of thiazole rings is 1. The molecule has 18 heavy (non-hydrogen) atoms. The van der Waals surface area contributed by atoms with Crippen molar-refractivity contribution in [3.05, 3.63) is 32.5 Å². The summed E-state index contributed by atoms with van der Waals surface area (Å²) in [6, 6.07) is 2.09. The molecular formula is C12H14N2O2S2. The zero-order chi connectivity index (χ0) is 13.1. The maximum atomic E-state index is 11.5. The monoisotopic (exact) mass is 282 g/mol. The number of rotatable bonds is 4. The third kappa shape index (κ3) is 2.70. The number of anilines is 1. The average molecular weight is 282 g/mol. The van der Waals surface area contributed by atoms with Gasteiger partial charge in [-0.3, -0.25) is 0 Å². The van der Waals surface area contributed by atoms with Crippen molar-refractivity contribution in [2.24, 2.45) is 0 Å². The molecular weight excluding hydrogens is 268 g/mol. The summed E-state index contributed by atoms with van der Waals surface area (Å²) in [7, 11) is 1.38. The SMILES string of the molecule is COC(=O)c1sc(NCc2sccc2C)nc1C. The smallest absolute Gasteiger partial charge is 0.350 e. The molecule has 2 aromatic heterocycles. The fourth-order valence-electron chi connectivity index (χ4n) is 1.50. The van der Waals surface area contributed by atoms with Crippen LogP contribution in [-0.4, -0.2) is 18.1 Å². The Morgan fingerprint density at radius 3 is 2.89 bits per heavy atom. The molecule has 0 aromatic carbocycles. The number of aromatic nitrogens is 1. The van der Waals surface area contributed by atoms with Gasteiger partial charge < -0.3 is 10.1 Å². The molecule has 2 aromatic rings. The first-order chi connectivity index (χ1) is 8.61. The number of hydrogen-bond donors (Lipinski definition) is 1. The van der Waals surface area contributed by atoms with Crippen molar-refractivity contribution < 1.29 is 9.53 Å². The summed E-state index contributed by atoms with van der Waals surface area (Å²) < 4.78 is 4.71. The molecule has 0 saturated carbocycles. The zero-order valence-electron chi connectivity index (χ0n) is 10.4. The minimum atomic E-state index is -0.328. The van der Waals surface area contributed by atoms with Crippen molar-refractivity contribution in [2.75, 3.05) is 12.4 Å². The molecule has 0 aliphatic heterocycles. The molecule has 2 heterocycles. The van der Waals surface area contributed by atoms with Gasteiger partial charge in [-0.15, -0.1) is 11.3 Å². The van der Waals surface area contributed by atoms with Crippen molar-refractivity contribution in [1.82, 2.24) is 4.98 Å². The summed E-state index contributed by atoms with van der Waals surface area (Å²) in [6.07, 6.45) is 0. The van der Waals surface area contributed by atoms with Crippen molar-refractivity contribution in [3.8, 4) is 0 Å². The Morgan fingerprint density at radius 1 is 1.50 bits per heavy atom. The van der Waals surface area contributed by atoms with E-state index in [2.05, 4.69) is 28.7 Å². The molecule has 6 heteroatoms. The lowest BCUT2D eigenvalue weighted by atomic mass is 10.3. The van der Waals surface area contributed by atoms with Crippen LogP contribution in [0.4, 0.5) is 5.13 Å². The first-order valence-corrected chi connectivity index (χ1v) is 7.14. The Labute approximate surface area is 114 Å². The summed E-state index contributed by atoms with van der Waals surface area (Å²) >= 11 is 3.04. The molecule has 0 saturated heterocycles. The van der Waals surface area contributed by atoms with E-state index in [0.29, 0.717) is 10.6 Å². The molecule has 0 fully saturated rings. The summed E-state index contributed by atoms with van der Waals surface area (Å²) in [5, 5.41) is 6.06. The predicted octanol–water partition coefficient (Wildman–Crippen LogP) is 3.22. The van der Waals surface area contributed by atoms with Gasteiger partial charge in [-0.2, -0.15) is 0 Å². The Balaban J connectivity index is 2.07. The summed E-state index contributed by atoms with van der Waals surface area (Å²) in [5.41, 5.74) is 1.98. The van der Waals surface area contributed by atoms with Crippen molar-refractivity contribution >= 4 is 33.8 Å². The first-order valence-electron chi connectivity index (χ1n) is 5.44. The summed E-state index contributed by atoms with van der Waals surface area (Å²) in [6.45, 7) is 4.63. The fraction of sp³-hybridized carbons (Fsp3) is 0.333. The van der Waals surface area contributed by atoms with Gasteiger partial charge in [0.1, 0.15) is 4.88 Å². The molecule has 0 radical (unpaired) electrons. The molecule has 0 unspecified atom stereocenters. The van der Waals surface area contributed by atoms with E-state index >= 15 is 0 Å². The maximum Gasteiger partial charge on any atom is 0.350 e. The quantitative estimate of drug-likeness (QED) is 0.875. The average Bonchev–Trinajstić information content (AvgIpc) is 2.92. The molecule has 1 N–H and O–H groups in total. The lowest BCUT2D eigenvalue weighted by Crippen LogP contribution is -1.99. The van der Waals surface area contributed by atoms with Crippen LogP contribution in [0.5, 0.6) is 0 Å². The van der Waals surface area contributed by atoms with Gasteiger partial charge in [-0.1, -0.05) is 11.3 Å². The van der Waals surface area contributed by atoms with Crippen LogP contribution in [0.1, 0.15) is 25.8 Å². The van der Waals surface area contributed by atoms with Gasteiger partial charge >= 0.3 is 5.97 Å². The summed E-state index contributed by atoms with van der Waals surface area (Å²) in [5.74, 6) is -0.328. The van der Waals surface area contributed by atoms with Crippen LogP contribution in [0, 0.1) is 13.8 Å². The third-order valence-electron chi connectivity index (χ3n) is 2.54. The number of nitrogens with one attached hydrogen (secondary N) is 1. The van der Waals surface area contributed by atoms with Crippen molar-refractivity contribution in [1.29, 1.82) is 0 Å². The number of aryl methyl sites for hydroxylation is 2. The van der Waals surface area contributed by atoms with Gasteiger partial charge in [0.25, 0.3) is 0 Å². The number of thiophene rings is 1. The molecule has 0 atom stereocenters. The van der Waals surface area contributed by atoms with E-state index in [1.807, 2.05) is 6.92 Å². The molecule has 0 aliphatic carbocycles. The molecule has 0 amide bonds. The van der Waals surface area contributed by atoms with Crippen LogP contribution in [-0.2, 0) is 11.3 Å². The molecule has 4 nitrogen and oxygen atoms in total. The first kappa shape index (κ1) is 13.0. The van der Waals surface area contributed by atoms with Crippen LogP contribution in [0.15, 0.2) is 11.4 Å². The second kappa shape index (κ2) is 5.49. The number of nitrogens with zero attached hydrogens (tertiary/aromatic N) is 1. The highest BCUT2D eigenvalue weighted by Gasteiger charge is 2.15. The van der Waals surface area contributed by atoms with Crippen LogP contribution in [0.3, 0.4) is 0 Å². The lowest BCUT2D eigenvalue weighted by molar-refractivity contribution is 0.0605. The van der Waals surface area contributed by atoms with Crippen LogP contribution >= 0.6 is 22.7 Å². The number of esters is 1. The van der Waals surface area contributed by atoms with Crippen LogP contribution in [0.2, 0.25) is 0 Å². The van der Waals surface area contributed by atoms with Gasteiger partial charge in [-0.05, 0) is 30.9 Å². The van der Waals surface area contributed by atoms with Gasteiger partial charge in [0.15, 0.2) is 5.13 Å². The minimum absolute atomic E-state index is 0.328. The van der Waals surface area contributed by atoms with E-state index in [4.69, 9.17) is 4.74 Å². The normalized spacial score (nSPS) is 10.4. The van der Waals surface area contributed by atoms with E-state index < -0.39 is 0 Å². The Hall–Kier alpha value is -1.40. The van der Waals surface area contributed by atoms with E-state index in [9.17, 15) is 4.79 Å². The number of carbonyl (C=O) groups is 1. The van der Waals surface area contributed by atoms with Crippen LogP contribution < -0.4 is 5.32 Å². The highest BCUT2D eigenvalue weighted by Crippen LogP contribution is 2.24. The predicted molar refractivity (Wildman–Crippen MR) is 74.6 cm³/mol. The minimum Gasteiger partial charge on any atom is -0.465 e. The maximum absolute atomic E-state index is 11.5. The third-order valence-corrected chi connectivity index (χ3v) is 4.65. The van der Waals surface area contributed by atoms with Gasteiger partial charge in [-0.25, -0.2) is 9.78 Å². The number of hydrogen-bond acceptors (Lipinski definition) is 6. The van der Waals surface area contributed by atoms with Gasteiger partial charge in [0, 0.05) is 4.88 Å². The molecule has 0 spiro atoms. The van der Waals surface area contributed by atoms with Crippen molar-refractivity contribution in [3.63, 3.8) is 0 Å². The highest BCUT2D eigenvalue weighted by molar-refractivity contribution is 7.17. The van der Waals surface area contributed by atoms with Crippen LogP contribution in [0.25, 0.3) is 0 Å². The van der Waals surface area contributed by atoms with E-state index in [1.165, 1.54) is 28.9 Å². The highest BCUT2D eigenvalue weighted by atomic mass is 32.1. The van der Waals surface area contributed by atoms with Crippen molar-refractivity contribution in [2.45, 2.75) is 20.4 Å². The topological polar surface area (TPSA) is 51.2 Å². The molecule has 96 valence electrons. The molecule has 0 bridgehead atoms. The second-order valence-electron chi connectivity index (χ2n) is 3.81. The van der Waals surface area contributed by atoms with Gasteiger partial charge in [0.05, 0.1) is 19.3 Å². The van der Waals surface area contributed by atoms with E-state index in [0.717, 1.165) is 11.7 Å². The summed E-state index contributed by atoms with van der Waals surface area (Å²) in [4.78, 5) is 17.6. The Bertz CT molecular complexity index is 560. The second-order valence-corrected chi connectivity index (χ2v) is 5.81.